The standard InChI is InChI=1S/C22H31N3O3S2/c1-24(2)21(18-12-13-29-16-18)15-23-22(26)17-8-7-11-20(14-17)30(27,28)25(3)19-9-5-4-6-10-19/h7-8,11-14,16,19,21H,4-6,9-10,15H2,1-3H3,(H,23,26). The highest BCUT2D eigenvalue weighted by Gasteiger charge is 2.29. The molecule has 1 aromatic carbocycles. The molecule has 1 fully saturated rings. The molecule has 1 aliphatic carbocycles. The van der Waals surface area contributed by atoms with E-state index in [1.807, 2.05) is 19.5 Å². The first-order chi connectivity index (χ1) is 14.3. The number of likely N-dealkylation sites (N-methyl/N-ethyl adjacent to an activating group) is 1. The summed E-state index contributed by atoms with van der Waals surface area (Å²) in [7, 11) is 1.98. The predicted octanol–water partition coefficient (Wildman–Crippen LogP) is 3.73. The first kappa shape index (κ1) is 22.9. The zero-order valence-corrected chi connectivity index (χ0v) is 19.5. The number of rotatable bonds is 8. The number of nitrogens with zero attached hydrogens (tertiary/aromatic N) is 2. The Morgan fingerprint density at radius 2 is 1.90 bits per heavy atom. The number of benzene rings is 1. The first-order valence-corrected chi connectivity index (χ1v) is 12.7. The fraction of sp³-hybridized carbons (Fsp3) is 0.500. The maximum Gasteiger partial charge on any atom is 0.251 e. The minimum absolute atomic E-state index is 0.0349. The van der Waals surface area contributed by atoms with E-state index in [0.29, 0.717) is 12.1 Å². The zero-order valence-electron chi connectivity index (χ0n) is 17.9. The van der Waals surface area contributed by atoms with E-state index in [0.717, 1.165) is 31.2 Å². The van der Waals surface area contributed by atoms with Gasteiger partial charge in [-0.05, 0) is 67.5 Å². The van der Waals surface area contributed by atoms with E-state index < -0.39 is 10.0 Å². The predicted molar refractivity (Wildman–Crippen MR) is 121 cm³/mol. The van der Waals surface area contributed by atoms with Crippen molar-refractivity contribution in [3.63, 3.8) is 0 Å². The van der Waals surface area contributed by atoms with Gasteiger partial charge in [-0.15, -0.1) is 0 Å². The Labute approximate surface area is 183 Å². The number of nitrogens with one attached hydrogen (secondary N) is 1. The quantitative estimate of drug-likeness (QED) is 0.667. The van der Waals surface area contributed by atoms with E-state index in [1.165, 1.54) is 16.8 Å². The molecular formula is C22H31N3O3S2. The molecule has 30 heavy (non-hydrogen) atoms. The van der Waals surface area contributed by atoms with Crippen molar-refractivity contribution in [2.24, 2.45) is 0 Å². The average Bonchev–Trinajstić information content (AvgIpc) is 3.28. The summed E-state index contributed by atoms with van der Waals surface area (Å²) in [6.07, 6.45) is 5.07. The number of thiophene rings is 1. The van der Waals surface area contributed by atoms with Crippen LogP contribution in [0.3, 0.4) is 0 Å². The second kappa shape index (κ2) is 10.0. The molecule has 1 amide bonds. The highest BCUT2D eigenvalue weighted by Crippen LogP contribution is 2.27. The van der Waals surface area contributed by atoms with Crippen LogP contribution in [0.5, 0.6) is 0 Å². The van der Waals surface area contributed by atoms with E-state index in [4.69, 9.17) is 0 Å². The van der Waals surface area contributed by atoms with Crippen LogP contribution in [0.4, 0.5) is 0 Å². The van der Waals surface area contributed by atoms with Gasteiger partial charge in [-0.2, -0.15) is 15.6 Å². The van der Waals surface area contributed by atoms with Gasteiger partial charge in [0.15, 0.2) is 0 Å². The van der Waals surface area contributed by atoms with Crippen LogP contribution in [-0.4, -0.2) is 57.3 Å². The molecule has 1 aliphatic rings. The lowest BCUT2D eigenvalue weighted by Gasteiger charge is -2.30. The van der Waals surface area contributed by atoms with Crippen molar-refractivity contribution in [3.05, 3.63) is 52.2 Å². The van der Waals surface area contributed by atoms with Gasteiger partial charge in [-0.3, -0.25) is 4.79 Å². The summed E-state index contributed by atoms with van der Waals surface area (Å²) in [6.45, 7) is 0.446. The summed E-state index contributed by atoms with van der Waals surface area (Å²) in [5, 5.41) is 7.05. The molecule has 0 radical (unpaired) electrons. The molecule has 0 saturated heterocycles. The largest absolute Gasteiger partial charge is 0.350 e. The minimum Gasteiger partial charge on any atom is -0.350 e. The van der Waals surface area contributed by atoms with Crippen molar-refractivity contribution in [2.45, 2.75) is 49.1 Å². The number of hydrogen-bond donors (Lipinski definition) is 1. The van der Waals surface area contributed by atoms with Crippen molar-refractivity contribution in [1.29, 1.82) is 0 Å². The summed E-state index contributed by atoms with van der Waals surface area (Å²) >= 11 is 1.62. The van der Waals surface area contributed by atoms with Crippen molar-refractivity contribution in [1.82, 2.24) is 14.5 Å². The van der Waals surface area contributed by atoms with E-state index in [1.54, 1.807) is 36.6 Å². The molecule has 0 aliphatic heterocycles. The van der Waals surface area contributed by atoms with Crippen LogP contribution in [0, 0.1) is 0 Å². The molecule has 0 spiro atoms. The van der Waals surface area contributed by atoms with Crippen LogP contribution < -0.4 is 5.32 Å². The Balaban J connectivity index is 1.71. The molecule has 3 rings (SSSR count). The molecular weight excluding hydrogens is 418 g/mol. The first-order valence-electron chi connectivity index (χ1n) is 10.4. The van der Waals surface area contributed by atoms with Crippen molar-refractivity contribution in [2.75, 3.05) is 27.7 Å². The Kier molecular flexibility index (Phi) is 7.68. The Bertz CT molecular complexity index is 936. The number of carbonyl (C=O) groups excluding carboxylic acids is 1. The van der Waals surface area contributed by atoms with Crippen LogP contribution in [0.25, 0.3) is 0 Å². The van der Waals surface area contributed by atoms with E-state index in [9.17, 15) is 13.2 Å². The third kappa shape index (κ3) is 5.29. The lowest BCUT2D eigenvalue weighted by atomic mass is 9.96. The second-order valence-corrected chi connectivity index (χ2v) is 10.9. The normalized spacial score (nSPS) is 16.7. The Morgan fingerprint density at radius 1 is 1.17 bits per heavy atom. The molecule has 1 aromatic heterocycles. The van der Waals surface area contributed by atoms with Crippen molar-refractivity contribution >= 4 is 27.3 Å². The van der Waals surface area contributed by atoms with Gasteiger partial charge in [0.25, 0.3) is 5.91 Å². The topological polar surface area (TPSA) is 69.7 Å². The minimum atomic E-state index is -3.63. The second-order valence-electron chi connectivity index (χ2n) is 8.09. The number of sulfonamides is 1. The van der Waals surface area contributed by atoms with Crippen LogP contribution in [0.2, 0.25) is 0 Å². The van der Waals surface area contributed by atoms with Crippen molar-refractivity contribution in [3.8, 4) is 0 Å². The van der Waals surface area contributed by atoms with Gasteiger partial charge < -0.3 is 10.2 Å². The van der Waals surface area contributed by atoms with E-state index in [-0.39, 0.29) is 22.9 Å². The monoisotopic (exact) mass is 449 g/mol. The van der Waals surface area contributed by atoms with Gasteiger partial charge in [0.1, 0.15) is 0 Å². The fourth-order valence-electron chi connectivity index (χ4n) is 3.96. The van der Waals surface area contributed by atoms with Gasteiger partial charge in [0.05, 0.1) is 10.9 Å². The molecule has 0 bridgehead atoms. The molecule has 1 N–H and O–H groups in total. The number of amides is 1. The molecule has 2 aromatic rings. The summed E-state index contributed by atoms with van der Waals surface area (Å²) in [4.78, 5) is 15.0. The van der Waals surface area contributed by atoms with Crippen LogP contribution in [-0.2, 0) is 10.0 Å². The summed E-state index contributed by atoms with van der Waals surface area (Å²) in [5.74, 6) is -0.269. The zero-order chi connectivity index (χ0) is 21.7. The smallest absolute Gasteiger partial charge is 0.251 e. The van der Waals surface area contributed by atoms with Crippen LogP contribution in [0.1, 0.15) is 54.1 Å². The average molecular weight is 450 g/mol. The SMILES string of the molecule is CN(C)C(CNC(=O)c1cccc(S(=O)(=O)N(C)C2CCCCC2)c1)c1ccsc1. The molecule has 164 valence electrons. The molecule has 8 heteroatoms. The highest BCUT2D eigenvalue weighted by atomic mass is 32.2. The molecule has 1 heterocycles. The molecule has 1 atom stereocenters. The number of hydrogen-bond acceptors (Lipinski definition) is 5. The molecule has 1 unspecified atom stereocenters. The van der Waals surface area contributed by atoms with Gasteiger partial charge in [0, 0.05) is 25.2 Å². The van der Waals surface area contributed by atoms with E-state index >= 15 is 0 Å². The highest BCUT2D eigenvalue weighted by molar-refractivity contribution is 7.89. The summed E-state index contributed by atoms with van der Waals surface area (Å²) < 4.78 is 27.7. The van der Waals surface area contributed by atoms with Gasteiger partial charge in [-0.25, -0.2) is 8.42 Å². The fourth-order valence-corrected chi connectivity index (χ4v) is 6.13. The lowest BCUT2D eigenvalue weighted by Crippen LogP contribution is -2.38. The maximum absolute atomic E-state index is 13.1. The Morgan fingerprint density at radius 3 is 2.53 bits per heavy atom. The third-order valence-electron chi connectivity index (χ3n) is 5.87. The Hall–Kier alpha value is -1.74. The van der Waals surface area contributed by atoms with Crippen LogP contribution in [0.15, 0.2) is 46.0 Å². The summed E-state index contributed by atoms with van der Waals surface area (Å²) in [6, 6.07) is 8.49. The van der Waals surface area contributed by atoms with Gasteiger partial charge in [0.2, 0.25) is 10.0 Å². The number of carbonyl (C=O) groups is 1. The van der Waals surface area contributed by atoms with Crippen LogP contribution >= 0.6 is 11.3 Å². The molecule has 1 saturated carbocycles. The lowest BCUT2D eigenvalue weighted by molar-refractivity contribution is 0.0941. The molecule has 6 nitrogen and oxygen atoms in total. The summed E-state index contributed by atoms with van der Waals surface area (Å²) in [5.41, 5.74) is 1.51. The van der Waals surface area contributed by atoms with Gasteiger partial charge >= 0.3 is 0 Å². The van der Waals surface area contributed by atoms with Gasteiger partial charge in [-0.1, -0.05) is 25.3 Å². The third-order valence-corrected chi connectivity index (χ3v) is 8.48. The maximum atomic E-state index is 13.1. The van der Waals surface area contributed by atoms with E-state index in [2.05, 4.69) is 21.7 Å². The van der Waals surface area contributed by atoms with Crippen molar-refractivity contribution < 1.29 is 13.2 Å².